The molecule has 2 atom stereocenters. The molecule has 0 radical (unpaired) electrons. The maximum Gasteiger partial charge on any atom is 0.274 e. The number of aryl methyl sites for hydroxylation is 1. The van der Waals surface area contributed by atoms with Gasteiger partial charge in [-0.15, -0.1) is 0 Å². The van der Waals surface area contributed by atoms with Crippen LogP contribution < -0.4 is 5.32 Å². The van der Waals surface area contributed by atoms with Crippen LogP contribution in [0.15, 0.2) is 0 Å². The first-order valence-corrected chi connectivity index (χ1v) is 8.79. The summed E-state index contributed by atoms with van der Waals surface area (Å²) in [5.74, 6) is 0.121. The maximum atomic E-state index is 13.1. The SMILES string of the molecule is C[C@@H]1N(C(=O)c2n[nH]c3c2CCC3)CCC[C@@]12CCCNC2=O. The van der Waals surface area contributed by atoms with Crippen molar-refractivity contribution in [3.63, 3.8) is 0 Å². The standard InChI is InChI=1S/C17H24N4O2/c1-11-17(7-3-9-18-16(17)23)8-4-10-21(11)15(22)14-12-5-2-6-13(12)19-20-14/h11H,2-10H2,1H3,(H,18,23)(H,19,20)/t11-,17-/m0/s1. The fourth-order valence-corrected chi connectivity index (χ4v) is 4.71. The number of hydrogen-bond donors (Lipinski definition) is 2. The third-order valence-electron chi connectivity index (χ3n) is 6.10. The van der Waals surface area contributed by atoms with Gasteiger partial charge < -0.3 is 10.2 Å². The Labute approximate surface area is 136 Å². The van der Waals surface area contributed by atoms with Gasteiger partial charge in [-0.2, -0.15) is 5.10 Å². The van der Waals surface area contributed by atoms with Crippen LogP contribution in [0, 0.1) is 5.41 Å². The van der Waals surface area contributed by atoms with Gasteiger partial charge in [-0.05, 0) is 51.9 Å². The van der Waals surface area contributed by atoms with Gasteiger partial charge in [0.1, 0.15) is 0 Å². The smallest absolute Gasteiger partial charge is 0.274 e. The monoisotopic (exact) mass is 316 g/mol. The number of likely N-dealkylation sites (tertiary alicyclic amines) is 1. The summed E-state index contributed by atoms with van der Waals surface area (Å²) < 4.78 is 0. The maximum absolute atomic E-state index is 13.1. The summed E-state index contributed by atoms with van der Waals surface area (Å²) in [5.41, 5.74) is 2.38. The fraction of sp³-hybridized carbons (Fsp3) is 0.706. The molecule has 0 aromatic carbocycles. The first-order chi connectivity index (χ1) is 11.1. The molecule has 1 aromatic rings. The van der Waals surface area contributed by atoms with Crippen LogP contribution in [-0.2, 0) is 17.6 Å². The summed E-state index contributed by atoms with van der Waals surface area (Å²) in [6, 6.07) is -0.0715. The van der Waals surface area contributed by atoms with Crippen molar-refractivity contribution < 1.29 is 9.59 Å². The van der Waals surface area contributed by atoms with E-state index in [1.807, 2.05) is 11.8 Å². The summed E-state index contributed by atoms with van der Waals surface area (Å²) in [4.78, 5) is 27.5. The highest BCUT2D eigenvalue weighted by Crippen LogP contribution is 2.42. The Bertz CT molecular complexity index is 649. The molecule has 6 heteroatoms. The van der Waals surface area contributed by atoms with E-state index in [2.05, 4.69) is 15.5 Å². The number of carbonyl (C=O) groups excluding carboxylic acids is 2. The Morgan fingerprint density at radius 3 is 2.91 bits per heavy atom. The Morgan fingerprint density at radius 2 is 2.09 bits per heavy atom. The molecule has 2 fully saturated rings. The predicted octanol–water partition coefficient (Wildman–Crippen LogP) is 1.42. The minimum atomic E-state index is -0.411. The van der Waals surface area contributed by atoms with Gasteiger partial charge in [0.15, 0.2) is 5.69 Å². The molecular weight excluding hydrogens is 292 g/mol. The number of nitrogens with zero attached hydrogens (tertiary/aromatic N) is 2. The van der Waals surface area contributed by atoms with Crippen LogP contribution in [0.5, 0.6) is 0 Å². The molecule has 3 heterocycles. The molecule has 2 saturated heterocycles. The number of aromatic nitrogens is 2. The normalized spacial score (nSPS) is 30.4. The molecule has 0 unspecified atom stereocenters. The summed E-state index contributed by atoms with van der Waals surface area (Å²) in [6.45, 7) is 3.51. The molecule has 0 saturated carbocycles. The van der Waals surface area contributed by atoms with Crippen molar-refractivity contribution in [2.75, 3.05) is 13.1 Å². The van der Waals surface area contributed by atoms with E-state index in [9.17, 15) is 9.59 Å². The van der Waals surface area contributed by atoms with Crippen LogP contribution in [0.3, 0.4) is 0 Å². The highest BCUT2D eigenvalue weighted by Gasteiger charge is 2.50. The lowest BCUT2D eigenvalue weighted by molar-refractivity contribution is -0.140. The summed E-state index contributed by atoms with van der Waals surface area (Å²) in [6.07, 6.45) is 6.64. The Hall–Kier alpha value is -1.85. The van der Waals surface area contributed by atoms with E-state index in [0.29, 0.717) is 5.69 Å². The number of piperidine rings is 2. The lowest BCUT2D eigenvalue weighted by Crippen LogP contribution is -2.61. The van der Waals surface area contributed by atoms with Crippen molar-refractivity contribution in [2.45, 2.75) is 57.9 Å². The number of fused-ring (bicyclic) bond motifs is 1. The molecule has 2 aliphatic heterocycles. The topological polar surface area (TPSA) is 78.1 Å². The molecule has 2 amide bonds. The Kier molecular flexibility index (Phi) is 3.43. The third-order valence-corrected chi connectivity index (χ3v) is 6.10. The van der Waals surface area contributed by atoms with Crippen molar-refractivity contribution in [3.8, 4) is 0 Å². The first-order valence-electron chi connectivity index (χ1n) is 8.79. The lowest BCUT2D eigenvalue weighted by atomic mass is 9.68. The second-order valence-corrected chi connectivity index (χ2v) is 7.18. The van der Waals surface area contributed by atoms with Gasteiger partial charge in [0.25, 0.3) is 5.91 Å². The molecule has 6 nitrogen and oxygen atoms in total. The van der Waals surface area contributed by atoms with Gasteiger partial charge in [0, 0.05) is 30.4 Å². The molecule has 23 heavy (non-hydrogen) atoms. The molecular formula is C17H24N4O2. The molecule has 4 rings (SSSR count). The van der Waals surface area contributed by atoms with Crippen molar-refractivity contribution in [1.29, 1.82) is 0 Å². The zero-order valence-electron chi connectivity index (χ0n) is 13.7. The highest BCUT2D eigenvalue weighted by molar-refractivity contribution is 5.95. The zero-order valence-corrected chi connectivity index (χ0v) is 13.7. The van der Waals surface area contributed by atoms with Gasteiger partial charge in [-0.1, -0.05) is 0 Å². The molecule has 1 spiro atoms. The fourth-order valence-electron chi connectivity index (χ4n) is 4.71. The second kappa shape index (κ2) is 5.35. The van der Waals surface area contributed by atoms with E-state index in [-0.39, 0.29) is 17.9 Å². The molecule has 124 valence electrons. The number of H-pyrrole nitrogens is 1. The quantitative estimate of drug-likeness (QED) is 0.822. The largest absolute Gasteiger partial charge is 0.356 e. The van der Waals surface area contributed by atoms with E-state index < -0.39 is 5.41 Å². The molecule has 1 aromatic heterocycles. The first kappa shape index (κ1) is 14.7. The third kappa shape index (κ3) is 2.11. The van der Waals surface area contributed by atoms with E-state index >= 15 is 0 Å². The Balaban J connectivity index is 1.63. The van der Waals surface area contributed by atoms with Crippen LogP contribution in [0.1, 0.15) is 60.8 Å². The van der Waals surface area contributed by atoms with E-state index in [4.69, 9.17) is 0 Å². The van der Waals surface area contributed by atoms with Crippen LogP contribution in [0.2, 0.25) is 0 Å². The van der Waals surface area contributed by atoms with Gasteiger partial charge in [0.05, 0.1) is 5.41 Å². The van der Waals surface area contributed by atoms with Gasteiger partial charge in [-0.25, -0.2) is 0 Å². The van der Waals surface area contributed by atoms with Crippen molar-refractivity contribution in [3.05, 3.63) is 17.0 Å². The van der Waals surface area contributed by atoms with E-state index in [0.717, 1.165) is 69.3 Å². The van der Waals surface area contributed by atoms with Crippen molar-refractivity contribution in [2.24, 2.45) is 5.41 Å². The molecule has 2 N–H and O–H groups in total. The van der Waals surface area contributed by atoms with E-state index in [1.54, 1.807) is 0 Å². The van der Waals surface area contributed by atoms with E-state index in [1.165, 1.54) is 0 Å². The number of aromatic amines is 1. The van der Waals surface area contributed by atoms with Gasteiger partial charge in [-0.3, -0.25) is 14.7 Å². The number of hydrogen-bond acceptors (Lipinski definition) is 3. The molecule has 3 aliphatic rings. The lowest BCUT2D eigenvalue weighted by Gasteiger charge is -2.49. The average molecular weight is 316 g/mol. The van der Waals surface area contributed by atoms with Crippen LogP contribution in [-0.4, -0.2) is 46.0 Å². The molecule has 1 aliphatic carbocycles. The minimum absolute atomic E-state index is 0.00523. The highest BCUT2D eigenvalue weighted by atomic mass is 16.2. The zero-order chi connectivity index (χ0) is 16.0. The number of carbonyl (C=O) groups is 2. The average Bonchev–Trinajstić information content (AvgIpc) is 3.15. The summed E-state index contributed by atoms with van der Waals surface area (Å²) >= 11 is 0. The van der Waals surface area contributed by atoms with Gasteiger partial charge >= 0.3 is 0 Å². The van der Waals surface area contributed by atoms with Crippen LogP contribution >= 0.6 is 0 Å². The summed E-state index contributed by atoms with van der Waals surface area (Å²) in [7, 11) is 0. The molecule has 0 bridgehead atoms. The number of nitrogens with one attached hydrogen (secondary N) is 2. The van der Waals surface area contributed by atoms with Crippen molar-refractivity contribution >= 4 is 11.8 Å². The Morgan fingerprint density at radius 1 is 1.26 bits per heavy atom. The van der Waals surface area contributed by atoms with Crippen LogP contribution in [0.4, 0.5) is 0 Å². The van der Waals surface area contributed by atoms with Gasteiger partial charge in [0.2, 0.25) is 5.91 Å². The minimum Gasteiger partial charge on any atom is -0.356 e. The predicted molar refractivity (Wildman–Crippen MR) is 85.0 cm³/mol. The van der Waals surface area contributed by atoms with Crippen LogP contribution in [0.25, 0.3) is 0 Å². The number of rotatable bonds is 1. The second-order valence-electron chi connectivity index (χ2n) is 7.18. The summed E-state index contributed by atoms with van der Waals surface area (Å²) in [5, 5.41) is 10.3. The number of amides is 2. The van der Waals surface area contributed by atoms with Crippen molar-refractivity contribution in [1.82, 2.24) is 20.4 Å².